The summed E-state index contributed by atoms with van der Waals surface area (Å²) in [5.41, 5.74) is 6.79. The zero-order chi connectivity index (χ0) is 14.8. The Morgan fingerprint density at radius 3 is 2.50 bits per heavy atom. The molecule has 2 aromatic carbocycles. The lowest BCUT2D eigenvalue weighted by molar-refractivity contribution is 0.467. The number of anilines is 1. The number of nitrogens with zero attached hydrogens (tertiary/aromatic N) is 1. The van der Waals surface area contributed by atoms with Gasteiger partial charge in [-0.1, -0.05) is 35.9 Å². The van der Waals surface area contributed by atoms with Gasteiger partial charge in [-0.3, -0.25) is 0 Å². The van der Waals surface area contributed by atoms with Gasteiger partial charge in [-0.05, 0) is 29.8 Å². The Hall–Kier alpha value is -1.56. The second-order valence-corrected chi connectivity index (χ2v) is 6.88. The van der Waals surface area contributed by atoms with E-state index < -0.39 is 10.0 Å². The lowest BCUT2D eigenvalue weighted by atomic mass is 10.2. The largest absolute Gasteiger partial charge is 0.398 e. The predicted octanol–water partition coefficient (Wildman–Crippen LogP) is 2.74. The molecule has 106 valence electrons. The van der Waals surface area contributed by atoms with Crippen LogP contribution in [0.3, 0.4) is 0 Å². The summed E-state index contributed by atoms with van der Waals surface area (Å²) in [7, 11) is -2.10. The van der Waals surface area contributed by atoms with Gasteiger partial charge < -0.3 is 5.73 Å². The van der Waals surface area contributed by atoms with Gasteiger partial charge in [0.05, 0.1) is 5.69 Å². The van der Waals surface area contributed by atoms with Crippen molar-refractivity contribution < 1.29 is 8.42 Å². The van der Waals surface area contributed by atoms with Crippen LogP contribution in [-0.4, -0.2) is 19.8 Å². The number of hydrogen-bond acceptors (Lipinski definition) is 3. The molecule has 0 aliphatic carbocycles. The first-order valence-electron chi connectivity index (χ1n) is 5.96. The maximum Gasteiger partial charge on any atom is 0.245 e. The molecular weight excluding hydrogens is 296 g/mol. The molecular formula is C14H15ClN2O2S. The number of sulfonamides is 1. The molecule has 0 saturated carbocycles. The van der Waals surface area contributed by atoms with Gasteiger partial charge in [-0.2, -0.15) is 4.31 Å². The highest BCUT2D eigenvalue weighted by Gasteiger charge is 2.22. The standard InChI is InChI=1S/C14H15ClN2O2S/c1-17(10-11-5-4-6-12(15)9-11)20(18,19)14-8-3-2-7-13(14)16/h2-9H,10,16H2,1H3. The highest BCUT2D eigenvalue weighted by Crippen LogP contribution is 2.22. The zero-order valence-electron chi connectivity index (χ0n) is 11.0. The first-order valence-corrected chi connectivity index (χ1v) is 7.78. The number of nitrogen functional groups attached to an aromatic ring is 1. The fraction of sp³-hybridized carbons (Fsp3) is 0.143. The van der Waals surface area contributed by atoms with E-state index in [2.05, 4.69) is 0 Å². The number of rotatable bonds is 4. The fourth-order valence-electron chi connectivity index (χ4n) is 1.86. The SMILES string of the molecule is CN(Cc1cccc(Cl)c1)S(=O)(=O)c1ccccc1N. The molecule has 0 spiro atoms. The Labute approximate surface area is 123 Å². The molecule has 0 bridgehead atoms. The highest BCUT2D eigenvalue weighted by atomic mass is 35.5. The maximum absolute atomic E-state index is 12.5. The Bertz CT molecular complexity index is 717. The summed E-state index contributed by atoms with van der Waals surface area (Å²) >= 11 is 5.90. The second kappa shape index (κ2) is 5.83. The average molecular weight is 311 g/mol. The van der Waals surface area contributed by atoms with Crippen LogP contribution < -0.4 is 5.73 Å². The van der Waals surface area contributed by atoms with Gasteiger partial charge in [0.15, 0.2) is 0 Å². The Kier molecular flexibility index (Phi) is 4.32. The van der Waals surface area contributed by atoms with Gasteiger partial charge in [0.2, 0.25) is 10.0 Å². The molecule has 0 radical (unpaired) electrons. The molecule has 4 nitrogen and oxygen atoms in total. The van der Waals surface area contributed by atoms with Gasteiger partial charge in [-0.25, -0.2) is 8.42 Å². The van der Waals surface area contributed by atoms with E-state index in [-0.39, 0.29) is 17.1 Å². The van der Waals surface area contributed by atoms with Crippen LogP contribution in [0.1, 0.15) is 5.56 Å². The molecule has 0 saturated heterocycles. The van der Waals surface area contributed by atoms with Crippen LogP contribution in [0.25, 0.3) is 0 Å². The summed E-state index contributed by atoms with van der Waals surface area (Å²) in [4.78, 5) is 0.115. The number of halogens is 1. The van der Waals surface area contributed by atoms with Crippen molar-refractivity contribution in [2.24, 2.45) is 0 Å². The van der Waals surface area contributed by atoms with E-state index in [0.717, 1.165) is 5.56 Å². The summed E-state index contributed by atoms with van der Waals surface area (Å²) in [5, 5.41) is 0.576. The predicted molar refractivity (Wildman–Crippen MR) is 81.0 cm³/mol. The molecule has 0 aliphatic rings. The molecule has 2 N–H and O–H groups in total. The van der Waals surface area contributed by atoms with Crippen molar-refractivity contribution in [3.8, 4) is 0 Å². The smallest absolute Gasteiger partial charge is 0.245 e. The van der Waals surface area contributed by atoms with Crippen molar-refractivity contribution in [2.45, 2.75) is 11.4 Å². The molecule has 0 heterocycles. The van der Waals surface area contributed by atoms with Crippen LogP contribution in [0, 0.1) is 0 Å². The third kappa shape index (κ3) is 3.12. The van der Waals surface area contributed by atoms with Crippen molar-refractivity contribution in [3.63, 3.8) is 0 Å². The number of hydrogen-bond donors (Lipinski definition) is 1. The van der Waals surface area contributed by atoms with Gasteiger partial charge in [0.1, 0.15) is 4.90 Å². The third-order valence-corrected chi connectivity index (χ3v) is 5.01. The second-order valence-electron chi connectivity index (χ2n) is 4.43. The van der Waals surface area contributed by atoms with E-state index in [0.29, 0.717) is 5.02 Å². The van der Waals surface area contributed by atoms with Crippen molar-refractivity contribution in [1.82, 2.24) is 4.31 Å². The quantitative estimate of drug-likeness (QED) is 0.883. The minimum atomic E-state index is -3.62. The van der Waals surface area contributed by atoms with E-state index in [4.69, 9.17) is 17.3 Å². The molecule has 0 aromatic heterocycles. The monoisotopic (exact) mass is 310 g/mol. The van der Waals surface area contributed by atoms with Crippen LogP contribution in [0.2, 0.25) is 5.02 Å². The highest BCUT2D eigenvalue weighted by molar-refractivity contribution is 7.89. The van der Waals surface area contributed by atoms with Crippen molar-refractivity contribution in [1.29, 1.82) is 0 Å². The summed E-state index contributed by atoms with van der Waals surface area (Å²) in [6, 6.07) is 13.5. The molecule has 0 amide bonds. The Balaban J connectivity index is 2.29. The number of benzene rings is 2. The molecule has 20 heavy (non-hydrogen) atoms. The van der Waals surface area contributed by atoms with Gasteiger partial charge in [0, 0.05) is 18.6 Å². The van der Waals surface area contributed by atoms with Crippen molar-refractivity contribution in [3.05, 3.63) is 59.1 Å². The fourth-order valence-corrected chi connectivity index (χ4v) is 3.34. The van der Waals surface area contributed by atoms with Gasteiger partial charge in [-0.15, -0.1) is 0 Å². The van der Waals surface area contributed by atoms with Crippen LogP contribution in [0.5, 0.6) is 0 Å². The molecule has 2 aromatic rings. The van der Waals surface area contributed by atoms with E-state index in [1.165, 1.54) is 17.4 Å². The summed E-state index contributed by atoms with van der Waals surface area (Å²) in [6.07, 6.45) is 0. The van der Waals surface area contributed by atoms with Crippen LogP contribution >= 0.6 is 11.6 Å². The van der Waals surface area contributed by atoms with E-state index in [1.54, 1.807) is 36.4 Å². The zero-order valence-corrected chi connectivity index (χ0v) is 12.5. The molecule has 0 fully saturated rings. The molecule has 0 unspecified atom stereocenters. The number of para-hydroxylation sites is 1. The first kappa shape index (κ1) is 14.8. The molecule has 6 heteroatoms. The van der Waals surface area contributed by atoms with Gasteiger partial charge in [0.25, 0.3) is 0 Å². The van der Waals surface area contributed by atoms with Crippen LogP contribution in [0.4, 0.5) is 5.69 Å². The van der Waals surface area contributed by atoms with E-state index >= 15 is 0 Å². The lowest BCUT2D eigenvalue weighted by Crippen LogP contribution is -2.27. The van der Waals surface area contributed by atoms with Crippen LogP contribution in [0.15, 0.2) is 53.4 Å². The molecule has 0 atom stereocenters. The minimum Gasteiger partial charge on any atom is -0.398 e. The number of nitrogens with two attached hydrogens (primary N) is 1. The normalized spacial score (nSPS) is 11.8. The van der Waals surface area contributed by atoms with Crippen molar-refractivity contribution in [2.75, 3.05) is 12.8 Å². The molecule has 0 aliphatic heterocycles. The average Bonchev–Trinajstić information content (AvgIpc) is 2.39. The lowest BCUT2D eigenvalue weighted by Gasteiger charge is -2.18. The summed E-state index contributed by atoms with van der Waals surface area (Å²) in [6.45, 7) is 0.233. The Morgan fingerprint density at radius 2 is 1.85 bits per heavy atom. The van der Waals surface area contributed by atoms with Gasteiger partial charge >= 0.3 is 0 Å². The molecule has 2 rings (SSSR count). The third-order valence-electron chi connectivity index (χ3n) is 2.90. The minimum absolute atomic E-state index is 0.115. The van der Waals surface area contributed by atoms with Crippen LogP contribution in [-0.2, 0) is 16.6 Å². The summed E-state index contributed by atoms with van der Waals surface area (Å²) in [5.74, 6) is 0. The summed E-state index contributed by atoms with van der Waals surface area (Å²) < 4.78 is 26.2. The van der Waals surface area contributed by atoms with E-state index in [9.17, 15) is 8.42 Å². The Morgan fingerprint density at radius 1 is 1.15 bits per heavy atom. The topological polar surface area (TPSA) is 63.4 Å². The van der Waals surface area contributed by atoms with E-state index in [1.807, 2.05) is 6.07 Å². The van der Waals surface area contributed by atoms with Crippen molar-refractivity contribution >= 4 is 27.3 Å². The first-order chi connectivity index (χ1) is 9.41. The maximum atomic E-state index is 12.5.